The Kier molecular flexibility index (Phi) is 6.66. The third-order valence-corrected chi connectivity index (χ3v) is 4.72. The molecular formula is C21H22ClN3O3. The van der Waals surface area contributed by atoms with Crippen molar-refractivity contribution in [1.29, 1.82) is 0 Å². The molecule has 1 aliphatic rings. The van der Waals surface area contributed by atoms with Crippen molar-refractivity contribution in [3.05, 3.63) is 64.7 Å². The molecule has 0 radical (unpaired) electrons. The van der Waals surface area contributed by atoms with Gasteiger partial charge in [0.1, 0.15) is 5.75 Å². The van der Waals surface area contributed by atoms with E-state index < -0.39 is 0 Å². The maximum atomic E-state index is 12.0. The van der Waals surface area contributed by atoms with Gasteiger partial charge in [-0.25, -0.2) is 5.43 Å². The van der Waals surface area contributed by atoms with Crippen molar-refractivity contribution in [2.24, 2.45) is 11.0 Å². The van der Waals surface area contributed by atoms with Crippen LogP contribution in [0.15, 0.2) is 53.6 Å². The van der Waals surface area contributed by atoms with Crippen molar-refractivity contribution < 1.29 is 14.3 Å². The van der Waals surface area contributed by atoms with E-state index in [-0.39, 0.29) is 24.3 Å². The van der Waals surface area contributed by atoms with Gasteiger partial charge < -0.3 is 10.1 Å². The zero-order valence-electron chi connectivity index (χ0n) is 15.6. The zero-order valence-corrected chi connectivity index (χ0v) is 16.3. The Labute approximate surface area is 168 Å². The lowest BCUT2D eigenvalue weighted by molar-refractivity contribution is -0.123. The van der Waals surface area contributed by atoms with Gasteiger partial charge in [0.05, 0.1) is 10.7 Å². The molecule has 146 valence electrons. The van der Waals surface area contributed by atoms with Crippen LogP contribution in [0.3, 0.4) is 0 Å². The number of nitrogens with one attached hydrogen (secondary N) is 2. The SMILES string of the molecule is CC1CC(=O)NN=C1c1ccc(OCC(=O)NCCc2ccccc2)c(Cl)c1. The molecule has 0 aliphatic carbocycles. The monoisotopic (exact) mass is 399 g/mol. The Morgan fingerprint density at radius 2 is 2.07 bits per heavy atom. The highest BCUT2D eigenvalue weighted by molar-refractivity contribution is 6.32. The van der Waals surface area contributed by atoms with Crippen LogP contribution < -0.4 is 15.5 Å². The zero-order chi connectivity index (χ0) is 19.9. The van der Waals surface area contributed by atoms with Crippen LogP contribution in [0.5, 0.6) is 5.75 Å². The number of rotatable bonds is 7. The van der Waals surface area contributed by atoms with Crippen LogP contribution in [0, 0.1) is 5.92 Å². The molecule has 0 fully saturated rings. The molecule has 2 aromatic carbocycles. The number of carbonyl (C=O) groups excluding carboxylic acids is 2. The quantitative estimate of drug-likeness (QED) is 0.751. The van der Waals surface area contributed by atoms with Gasteiger partial charge in [0.2, 0.25) is 5.91 Å². The number of amides is 2. The molecule has 0 bridgehead atoms. The fourth-order valence-corrected chi connectivity index (χ4v) is 3.20. The van der Waals surface area contributed by atoms with E-state index in [1.165, 1.54) is 5.56 Å². The summed E-state index contributed by atoms with van der Waals surface area (Å²) in [5, 5.41) is 7.34. The van der Waals surface area contributed by atoms with Crippen LogP contribution in [0.2, 0.25) is 5.02 Å². The average molecular weight is 400 g/mol. The number of carbonyl (C=O) groups is 2. The molecule has 1 heterocycles. The molecule has 2 N–H and O–H groups in total. The lowest BCUT2D eigenvalue weighted by atomic mass is 9.94. The molecule has 2 aromatic rings. The largest absolute Gasteiger partial charge is 0.482 e. The molecular weight excluding hydrogens is 378 g/mol. The van der Waals surface area contributed by atoms with E-state index in [1.807, 2.05) is 43.3 Å². The predicted octanol–water partition coefficient (Wildman–Crippen LogP) is 2.94. The van der Waals surface area contributed by atoms with Gasteiger partial charge in [-0.1, -0.05) is 48.9 Å². The maximum Gasteiger partial charge on any atom is 0.257 e. The molecule has 2 amide bonds. The van der Waals surface area contributed by atoms with Gasteiger partial charge in [0, 0.05) is 18.9 Å². The van der Waals surface area contributed by atoms with Crippen LogP contribution >= 0.6 is 11.6 Å². The average Bonchev–Trinajstić information content (AvgIpc) is 2.68. The standard InChI is InChI=1S/C21H22ClN3O3/c1-14-11-19(26)24-25-21(14)16-7-8-18(17(22)12-16)28-13-20(27)23-10-9-15-5-3-2-4-6-15/h2-8,12,14H,9-11,13H2,1H3,(H,23,27)(H,24,26). The van der Waals surface area contributed by atoms with Crippen molar-refractivity contribution >= 4 is 29.1 Å². The molecule has 0 spiro atoms. The van der Waals surface area contributed by atoms with Crippen LogP contribution in [0.4, 0.5) is 0 Å². The number of hydrogen-bond donors (Lipinski definition) is 2. The van der Waals surface area contributed by atoms with Crippen LogP contribution in [-0.2, 0) is 16.0 Å². The van der Waals surface area contributed by atoms with Gasteiger partial charge >= 0.3 is 0 Å². The summed E-state index contributed by atoms with van der Waals surface area (Å²) in [6, 6.07) is 15.2. The molecule has 0 aromatic heterocycles. The summed E-state index contributed by atoms with van der Waals surface area (Å²) in [5.41, 5.74) is 5.24. The third-order valence-electron chi connectivity index (χ3n) is 4.42. The second kappa shape index (κ2) is 9.37. The molecule has 0 saturated heterocycles. The first-order valence-corrected chi connectivity index (χ1v) is 9.50. The van der Waals surface area contributed by atoms with Gasteiger partial charge in [0.25, 0.3) is 5.91 Å². The molecule has 6 nitrogen and oxygen atoms in total. The van der Waals surface area contributed by atoms with Gasteiger partial charge in [-0.05, 0) is 35.7 Å². The van der Waals surface area contributed by atoms with Crippen molar-refractivity contribution in [2.75, 3.05) is 13.2 Å². The number of nitrogens with zero attached hydrogens (tertiary/aromatic N) is 1. The summed E-state index contributed by atoms with van der Waals surface area (Å²) >= 11 is 6.29. The minimum Gasteiger partial charge on any atom is -0.482 e. The highest BCUT2D eigenvalue weighted by Gasteiger charge is 2.22. The minimum atomic E-state index is -0.205. The van der Waals surface area contributed by atoms with Crippen molar-refractivity contribution in [3.8, 4) is 5.75 Å². The van der Waals surface area contributed by atoms with E-state index in [1.54, 1.807) is 12.1 Å². The Hall–Kier alpha value is -2.86. The predicted molar refractivity (Wildman–Crippen MR) is 109 cm³/mol. The highest BCUT2D eigenvalue weighted by Crippen LogP contribution is 2.27. The molecule has 1 aliphatic heterocycles. The first kappa shape index (κ1) is 19.9. The van der Waals surface area contributed by atoms with Gasteiger partial charge in [-0.3, -0.25) is 9.59 Å². The molecule has 1 atom stereocenters. The molecule has 7 heteroatoms. The van der Waals surface area contributed by atoms with Crippen LogP contribution in [0.1, 0.15) is 24.5 Å². The summed E-state index contributed by atoms with van der Waals surface area (Å²) in [5.74, 6) is 0.133. The van der Waals surface area contributed by atoms with E-state index >= 15 is 0 Å². The summed E-state index contributed by atoms with van der Waals surface area (Å²) < 4.78 is 5.53. The first-order chi connectivity index (χ1) is 13.5. The summed E-state index contributed by atoms with van der Waals surface area (Å²) in [6.45, 7) is 2.37. The Balaban J connectivity index is 1.50. The van der Waals surface area contributed by atoms with E-state index in [4.69, 9.17) is 16.3 Å². The number of halogens is 1. The third kappa shape index (κ3) is 5.33. The van der Waals surface area contributed by atoms with Gasteiger partial charge in [-0.2, -0.15) is 5.10 Å². The van der Waals surface area contributed by atoms with Crippen LogP contribution in [0.25, 0.3) is 0 Å². The first-order valence-electron chi connectivity index (χ1n) is 9.12. The number of hydrazone groups is 1. The van der Waals surface area contributed by atoms with E-state index in [2.05, 4.69) is 15.8 Å². The van der Waals surface area contributed by atoms with Crippen LogP contribution in [-0.4, -0.2) is 30.7 Å². The fourth-order valence-electron chi connectivity index (χ4n) is 2.96. The van der Waals surface area contributed by atoms with Crippen molar-refractivity contribution in [2.45, 2.75) is 19.8 Å². The fraction of sp³-hybridized carbons (Fsp3) is 0.286. The second-order valence-electron chi connectivity index (χ2n) is 6.66. The lowest BCUT2D eigenvalue weighted by Gasteiger charge is -2.19. The molecule has 0 saturated carbocycles. The Morgan fingerprint density at radius 3 is 2.79 bits per heavy atom. The molecule has 28 heavy (non-hydrogen) atoms. The summed E-state index contributed by atoms with van der Waals surface area (Å²) in [4.78, 5) is 23.3. The smallest absolute Gasteiger partial charge is 0.257 e. The number of hydrogen-bond acceptors (Lipinski definition) is 4. The minimum absolute atomic E-state index is 0.00646. The van der Waals surface area contributed by atoms with Gasteiger partial charge in [-0.15, -0.1) is 0 Å². The Morgan fingerprint density at radius 1 is 1.29 bits per heavy atom. The maximum absolute atomic E-state index is 12.0. The molecule has 1 unspecified atom stereocenters. The van der Waals surface area contributed by atoms with E-state index in [0.717, 1.165) is 17.7 Å². The van der Waals surface area contributed by atoms with E-state index in [0.29, 0.717) is 23.7 Å². The number of benzene rings is 2. The van der Waals surface area contributed by atoms with Crippen molar-refractivity contribution in [1.82, 2.24) is 10.7 Å². The normalized spacial score (nSPS) is 16.1. The summed E-state index contributed by atoms with van der Waals surface area (Å²) in [6.07, 6.45) is 1.15. The Bertz CT molecular complexity index is 884. The van der Waals surface area contributed by atoms with Gasteiger partial charge in [0.15, 0.2) is 6.61 Å². The highest BCUT2D eigenvalue weighted by atomic mass is 35.5. The number of ether oxygens (including phenoxy) is 1. The van der Waals surface area contributed by atoms with E-state index in [9.17, 15) is 9.59 Å². The summed E-state index contributed by atoms with van der Waals surface area (Å²) in [7, 11) is 0. The molecule has 3 rings (SSSR count). The topological polar surface area (TPSA) is 79.8 Å². The van der Waals surface area contributed by atoms with Crippen molar-refractivity contribution in [3.63, 3.8) is 0 Å². The second-order valence-corrected chi connectivity index (χ2v) is 7.06. The lowest BCUT2D eigenvalue weighted by Crippen LogP contribution is -2.32.